The van der Waals surface area contributed by atoms with Crippen molar-refractivity contribution in [2.75, 3.05) is 7.05 Å². The molecule has 18 heavy (non-hydrogen) atoms. The van der Waals surface area contributed by atoms with Gasteiger partial charge in [0.05, 0.1) is 0 Å². The van der Waals surface area contributed by atoms with Gasteiger partial charge in [-0.1, -0.05) is 15.9 Å². The molecule has 5 heteroatoms. The zero-order valence-electron chi connectivity index (χ0n) is 9.87. The molecule has 96 valence electrons. The van der Waals surface area contributed by atoms with Crippen LogP contribution in [0.1, 0.15) is 10.4 Å². The van der Waals surface area contributed by atoms with Gasteiger partial charge < -0.3 is 10.1 Å². The van der Waals surface area contributed by atoms with Crippen LogP contribution in [0.5, 0.6) is 5.75 Å². The van der Waals surface area contributed by atoms with Crippen molar-refractivity contribution in [2.45, 2.75) is 13.2 Å². The van der Waals surface area contributed by atoms with Gasteiger partial charge in [0.1, 0.15) is 12.4 Å². The largest absolute Gasteiger partial charge is 0.488 e. The topological polar surface area (TPSA) is 21.3 Å². The van der Waals surface area contributed by atoms with E-state index < -0.39 is 0 Å². The summed E-state index contributed by atoms with van der Waals surface area (Å²) in [5, 5.41) is 5.21. The van der Waals surface area contributed by atoms with Crippen LogP contribution in [0.15, 0.2) is 38.6 Å². The Labute approximate surface area is 128 Å². The van der Waals surface area contributed by atoms with E-state index in [4.69, 9.17) is 4.74 Å². The van der Waals surface area contributed by atoms with Crippen LogP contribution >= 0.6 is 43.2 Å². The van der Waals surface area contributed by atoms with Crippen LogP contribution in [0.4, 0.5) is 0 Å². The fourth-order valence-corrected chi connectivity index (χ4v) is 3.37. The molecule has 1 heterocycles. The predicted octanol–water partition coefficient (Wildman–Crippen LogP) is 4.57. The zero-order valence-corrected chi connectivity index (χ0v) is 13.9. The number of benzene rings is 1. The van der Waals surface area contributed by atoms with E-state index in [1.54, 1.807) is 11.3 Å². The van der Waals surface area contributed by atoms with Crippen LogP contribution in [0.2, 0.25) is 0 Å². The van der Waals surface area contributed by atoms with Gasteiger partial charge in [0.25, 0.3) is 0 Å². The molecular formula is C13H13Br2NOS. The first-order valence-electron chi connectivity index (χ1n) is 5.48. The molecular weight excluding hydrogens is 378 g/mol. The number of hydrogen-bond donors (Lipinski definition) is 1. The number of rotatable bonds is 5. The Morgan fingerprint density at radius 2 is 2.06 bits per heavy atom. The van der Waals surface area contributed by atoms with E-state index in [0.717, 1.165) is 26.8 Å². The van der Waals surface area contributed by atoms with E-state index in [1.165, 1.54) is 4.88 Å². The van der Waals surface area contributed by atoms with Crippen LogP contribution in [0, 0.1) is 0 Å². The Balaban J connectivity index is 2.08. The lowest BCUT2D eigenvalue weighted by Gasteiger charge is -2.11. The Morgan fingerprint density at radius 3 is 2.72 bits per heavy atom. The Bertz CT molecular complexity index is 527. The molecule has 1 aromatic carbocycles. The molecule has 0 aliphatic carbocycles. The predicted molar refractivity (Wildman–Crippen MR) is 83.3 cm³/mol. The summed E-state index contributed by atoms with van der Waals surface area (Å²) in [5.74, 6) is 0.928. The van der Waals surface area contributed by atoms with Gasteiger partial charge in [0.15, 0.2) is 0 Å². The quantitative estimate of drug-likeness (QED) is 0.807. The summed E-state index contributed by atoms with van der Waals surface area (Å²) in [6, 6.07) is 8.16. The highest BCUT2D eigenvalue weighted by Gasteiger charge is 2.05. The Hall–Kier alpha value is -0.360. The summed E-state index contributed by atoms with van der Waals surface area (Å²) in [6.45, 7) is 1.40. The maximum atomic E-state index is 5.87. The van der Waals surface area contributed by atoms with Crippen molar-refractivity contribution >= 4 is 43.2 Å². The fourth-order valence-electron chi connectivity index (χ4n) is 1.60. The van der Waals surface area contributed by atoms with E-state index >= 15 is 0 Å². The summed E-state index contributed by atoms with van der Waals surface area (Å²) < 4.78 is 8.05. The highest BCUT2D eigenvalue weighted by Crippen LogP contribution is 2.26. The van der Waals surface area contributed by atoms with Crippen molar-refractivity contribution in [3.63, 3.8) is 0 Å². The standard InChI is InChI=1S/C13H13Br2NOS/c1-16-6-9-4-10(14)2-3-13(9)17-7-12-5-11(15)8-18-12/h2-5,8,16H,6-7H2,1H3. The molecule has 0 amide bonds. The monoisotopic (exact) mass is 389 g/mol. The first-order valence-corrected chi connectivity index (χ1v) is 7.94. The lowest BCUT2D eigenvalue weighted by atomic mass is 10.2. The highest BCUT2D eigenvalue weighted by atomic mass is 79.9. The lowest BCUT2D eigenvalue weighted by molar-refractivity contribution is 0.306. The summed E-state index contributed by atoms with van der Waals surface area (Å²) >= 11 is 8.62. The van der Waals surface area contributed by atoms with E-state index in [-0.39, 0.29) is 0 Å². The van der Waals surface area contributed by atoms with Gasteiger partial charge in [0.2, 0.25) is 0 Å². The molecule has 0 saturated heterocycles. The summed E-state index contributed by atoms with van der Waals surface area (Å²) in [4.78, 5) is 1.21. The van der Waals surface area contributed by atoms with Gasteiger partial charge >= 0.3 is 0 Å². The molecule has 0 aliphatic heterocycles. The van der Waals surface area contributed by atoms with Crippen LogP contribution in [0.25, 0.3) is 0 Å². The second-order valence-electron chi connectivity index (χ2n) is 3.80. The van der Waals surface area contributed by atoms with Gasteiger partial charge in [0, 0.05) is 31.3 Å². The maximum Gasteiger partial charge on any atom is 0.124 e. The van der Waals surface area contributed by atoms with Crippen molar-refractivity contribution in [2.24, 2.45) is 0 Å². The first-order chi connectivity index (χ1) is 8.69. The minimum Gasteiger partial charge on any atom is -0.488 e. The van der Waals surface area contributed by atoms with Crippen LogP contribution in [-0.2, 0) is 13.2 Å². The van der Waals surface area contributed by atoms with Crippen molar-refractivity contribution in [3.05, 3.63) is 49.0 Å². The fraction of sp³-hybridized carbons (Fsp3) is 0.231. The molecule has 2 rings (SSSR count). The minimum atomic E-state index is 0.606. The molecule has 0 aliphatic rings. The third-order valence-corrected chi connectivity index (χ3v) is 4.55. The SMILES string of the molecule is CNCc1cc(Br)ccc1OCc1cc(Br)cs1. The lowest BCUT2D eigenvalue weighted by Crippen LogP contribution is -2.07. The van der Waals surface area contributed by atoms with Crippen molar-refractivity contribution in [1.29, 1.82) is 0 Å². The Morgan fingerprint density at radius 1 is 1.22 bits per heavy atom. The van der Waals surface area contributed by atoms with Crippen LogP contribution in [0.3, 0.4) is 0 Å². The number of halogens is 2. The van der Waals surface area contributed by atoms with Crippen molar-refractivity contribution in [3.8, 4) is 5.75 Å². The maximum absolute atomic E-state index is 5.87. The van der Waals surface area contributed by atoms with Crippen molar-refractivity contribution in [1.82, 2.24) is 5.32 Å². The molecule has 0 fully saturated rings. The molecule has 2 aromatic rings. The molecule has 0 bridgehead atoms. The smallest absolute Gasteiger partial charge is 0.124 e. The van der Waals surface area contributed by atoms with E-state index in [0.29, 0.717) is 6.61 Å². The highest BCUT2D eigenvalue weighted by molar-refractivity contribution is 9.10. The second-order valence-corrected chi connectivity index (χ2v) is 6.63. The molecule has 0 unspecified atom stereocenters. The molecule has 2 nitrogen and oxygen atoms in total. The molecule has 1 aromatic heterocycles. The molecule has 0 radical (unpaired) electrons. The van der Waals surface area contributed by atoms with Gasteiger partial charge in [-0.15, -0.1) is 11.3 Å². The first kappa shape index (κ1) is 14.1. The summed E-state index contributed by atoms with van der Waals surface area (Å²) in [5.41, 5.74) is 1.16. The number of hydrogen-bond acceptors (Lipinski definition) is 3. The van der Waals surface area contributed by atoms with Crippen LogP contribution < -0.4 is 10.1 Å². The molecule has 0 atom stereocenters. The summed E-state index contributed by atoms with van der Waals surface area (Å²) in [7, 11) is 1.93. The van der Waals surface area contributed by atoms with Gasteiger partial charge in [-0.3, -0.25) is 0 Å². The number of ether oxygens (including phenoxy) is 1. The molecule has 1 N–H and O–H groups in total. The second kappa shape index (κ2) is 6.70. The third kappa shape index (κ3) is 3.82. The molecule has 0 spiro atoms. The number of thiophene rings is 1. The average molecular weight is 391 g/mol. The minimum absolute atomic E-state index is 0.606. The van der Waals surface area contributed by atoms with E-state index in [1.807, 2.05) is 19.2 Å². The van der Waals surface area contributed by atoms with Gasteiger partial charge in [-0.2, -0.15) is 0 Å². The van der Waals surface area contributed by atoms with Gasteiger partial charge in [-0.25, -0.2) is 0 Å². The summed E-state index contributed by atoms with van der Waals surface area (Å²) in [6.07, 6.45) is 0. The zero-order chi connectivity index (χ0) is 13.0. The van der Waals surface area contributed by atoms with Crippen LogP contribution in [-0.4, -0.2) is 7.05 Å². The average Bonchev–Trinajstić information content (AvgIpc) is 2.75. The van der Waals surface area contributed by atoms with Gasteiger partial charge in [-0.05, 0) is 47.2 Å². The van der Waals surface area contributed by atoms with Crippen molar-refractivity contribution < 1.29 is 4.74 Å². The Kier molecular flexibility index (Phi) is 5.24. The van der Waals surface area contributed by atoms with E-state index in [9.17, 15) is 0 Å². The van der Waals surface area contributed by atoms with E-state index in [2.05, 4.69) is 54.7 Å². The third-order valence-electron chi connectivity index (χ3n) is 2.38. The normalized spacial score (nSPS) is 10.6. The molecule has 0 saturated carbocycles. The number of nitrogens with one attached hydrogen (secondary N) is 1.